The predicted octanol–water partition coefficient (Wildman–Crippen LogP) is 6.12. The molecular formula is C36H66O12S. The van der Waals surface area contributed by atoms with E-state index in [4.69, 9.17) is 23.5 Å². The van der Waals surface area contributed by atoms with Crippen LogP contribution in [0.15, 0.2) is 24.3 Å². The Kier molecular flexibility index (Phi) is 27.2. The quantitative estimate of drug-likeness (QED) is 0.0279. The molecule has 4 N–H and O–H groups in total. The molecule has 1 fully saturated rings. The van der Waals surface area contributed by atoms with Crippen LogP contribution in [0.2, 0.25) is 0 Å². The summed E-state index contributed by atoms with van der Waals surface area (Å²) in [6.45, 7) is 3.35. The van der Waals surface area contributed by atoms with Gasteiger partial charge < -0.3 is 34.3 Å². The molecule has 0 spiro atoms. The number of hydrogen-bond donors (Lipinski definition) is 4. The Labute approximate surface area is 295 Å². The molecule has 288 valence electrons. The van der Waals surface area contributed by atoms with Gasteiger partial charge in [0.05, 0.1) is 19.8 Å². The van der Waals surface area contributed by atoms with E-state index in [0.29, 0.717) is 6.61 Å². The van der Waals surface area contributed by atoms with Gasteiger partial charge in [-0.05, 0) is 38.5 Å². The number of aliphatic hydroxyl groups is 3. The summed E-state index contributed by atoms with van der Waals surface area (Å²) in [7, 11) is -5.04. The van der Waals surface area contributed by atoms with Crippen molar-refractivity contribution in [3.05, 3.63) is 24.3 Å². The number of esters is 1. The van der Waals surface area contributed by atoms with Crippen molar-refractivity contribution >= 4 is 16.4 Å². The molecule has 0 saturated carbocycles. The lowest BCUT2D eigenvalue weighted by Crippen LogP contribution is -2.60. The topological polar surface area (TPSA) is 178 Å². The van der Waals surface area contributed by atoms with Gasteiger partial charge in [0.1, 0.15) is 30.5 Å². The Morgan fingerprint density at radius 3 is 1.86 bits per heavy atom. The molecule has 0 aromatic carbocycles. The van der Waals surface area contributed by atoms with E-state index in [0.717, 1.165) is 25.7 Å². The number of ether oxygens (including phenoxy) is 4. The van der Waals surface area contributed by atoms with Crippen LogP contribution < -0.4 is 0 Å². The van der Waals surface area contributed by atoms with E-state index in [-0.39, 0.29) is 19.6 Å². The van der Waals surface area contributed by atoms with Gasteiger partial charge in [-0.2, -0.15) is 8.42 Å². The van der Waals surface area contributed by atoms with Crippen LogP contribution in [-0.2, 0) is 38.3 Å². The van der Waals surface area contributed by atoms with Crippen molar-refractivity contribution in [2.45, 2.75) is 173 Å². The molecule has 0 aliphatic carbocycles. The van der Waals surface area contributed by atoms with Crippen molar-refractivity contribution < 1.29 is 56.2 Å². The number of rotatable bonds is 31. The molecule has 6 atom stereocenters. The first-order valence-corrected chi connectivity index (χ1v) is 20.0. The van der Waals surface area contributed by atoms with Gasteiger partial charge in [0, 0.05) is 13.0 Å². The number of unbranched alkanes of at least 4 members (excludes halogenated alkanes) is 15. The first-order chi connectivity index (χ1) is 23.6. The molecule has 6 unspecified atom stereocenters. The van der Waals surface area contributed by atoms with Crippen LogP contribution in [0.3, 0.4) is 0 Å². The zero-order valence-electron chi connectivity index (χ0n) is 30.0. The molecule has 1 aliphatic heterocycles. The van der Waals surface area contributed by atoms with Gasteiger partial charge in [-0.25, -0.2) is 4.18 Å². The number of carbonyl (C=O) groups excluding carboxylic acids is 1. The van der Waals surface area contributed by atoms with Crippen LogP contribution in [0, 0.1) is 0 Å². The first kappa shape index (κ1) is 45.6. The van der Waals surface area contributed by atoms with Gasteiger partial charge in [0.2, 0.25) is 0 Å². The summed E-state index contributed by atoms with van der Waals surface area (Å²) in [4.78, 5) is 11.9. The third-order valence-corrected chi connectivity index (χ3v) is 8.85. The number of allylic oxidation sites excluding steroid dienone is 4. The summed E-state index contributed by atoms with van der Waals surface area (Å²) in [5.41, 5.74) is 0. The molecule has 0 aromatic rings. The zero-order valence-corrected chi connectivity index (χ0v) is 30.8. The molecule has 1 rings (SSSR count). The van der Waals surface area contributed by atoms with Crippen LogP contribution in [-0.4, -0.2) is 97.5 Å². The summed E-state index contributed by atoms with van der Waals surface area (Å²) in [5, 5.41) is 30.1. The Bertz CT molecular complexity index is 973. The smallest absolute Gasteiger partial charge is 0.397 e. The maximum atomic E-state index is 11.9. The Hall–Kier alpha value is -1.42. The van der Waals surface area contributed by atoms with E-state index in [1.807, 2.05) is 0 Å². The molecule has 0 radical (unpaired) electrons. The number of aliphatic hydroxyl groups excluding tert-OH is 3. The number of carbonyl (C=O) groups is 1. The van der Waals surface area contributed by atoms with E-state index in [1.165, 1.54) is 89.9 Å². The molecule has 13 heteroatoms. The van der Waals surface area contributed by atoms with Crippen molar-refractivity contribution in [1.29, 1.82) is 0 Å². The van der Waals surface area contributed by atoms with Gasteiger partial charge >= 0.3 is 16.4 Å². The van der Waals surface area contributed by atoms with E-state index < -0.39 is 59.8 Å². The molecule has 0 amide bonds. The van der Waals surface area contributed by atoms with Crippen LogP contribution in [0.1, 0.15) is 136 Å². The SMILES string of the molecule is CCCCCCC/C=C\C/C=C\CCCCCCCCCCCCOCC(COC1OC(CO)C(O)C(OS(=O)(=O)O)C1O)OC(=O)CC. The van der Waals surface area contributed by atoms with Crippen LogP contribution in [0.4, 0.5) is 0 Å². The summed E-state index contributed by atoms with van der Waals surface area (Å²) in [6, 6.07) is 0. The largest absolute Gasteiger partial charge is 0.457 e. The fourth-order valence-electron chi connectivity index (χ4n) is 5.50. The maximum absolute atomic E-state index is 11.9. The third-order valence-electron chi connectivity index (χ3n) is 8.38. The van der Waals surface area contributed by atoms with Gasteiger partial charge in [-0.3, -0.25) is 9.35 Å². The maximum Gasteiger partial charge on any atom is 0.397 e. The minimum absolute atomic E-state index is 0.0254. The number of hydrogen-bond acceptors (Lipinski definition) is 11. The Morgan fingerprint density at radius 2 is 1.33 bits per heavy atom. The highest BCUT2D eigenvalue weighted by molar-refractivity contribution is 7.80. The summed E-state index contributed by atoms with van der Waals surface area (Å²) >= 11 is 0. The highest BCUT2D eigenvalue weighted by Gasteiger charge is 2.48. The second-order valence-corrected chi connectivity index (χ2v) is 13.8. The highest BCUT2D eigenvalue weighted by Crippen LogP contribution is 2.26. The monoisotopic (exact) mass is 722 g/mol. The van der Waals surface area contributed by atoms with E-state index >= 15 is 0 Å². The van der Waals surface area contributed by atoms with Crippen molar-refractivity contribution in [2.75, 3.05) is 26.4 Å². The molecule has 1 heterocycles. The minimum Gasteiger partial charge on any atom is -0.457 e. The molecular weight excluding hydrogens is 656 g/mol. The minimum atomic E-state index is -5.04. The molecule has 49 heavy (non-hydrogen) atoms. The Morgan fingerprint density at radius 1 is 0.776 bits per heavy atom. The normalized spacial score (nSPS) is 22.3. The second-order valence-electron chi connectivity index (χ2n) is 12.8. The summed E-state index contributed by atoms with van der Waals surface area (Å²) in [6.07, 6.45) is 22.1. The summed E-state index contributed by atoms with van der Waals surface area (Å²) < 4.78 is 57.7. The molecule has 0 aromatic heterocycles. The lowest BCUT2D eigenvalue weighted by Gasteiger charge is -2.41. The molecule has 1 saturated heterocycles. The van der Waals surface area contributed by atoms with Gasteiger partial charge in [-0.1, -0.05) is 115 Å². The van der Waals surface area contributed by atoms with E-state index in [9.17, 15) is 28.5 Å². The standard InChI is InChI=1S/C36H66O12S/c1-3-5-6-7-8-9-10-11-12-13-14-15-16-17-18-19-20-21-22-23-24-25-26-44-28-30(46-32(38)4-2)29-45-36-34(40)35(48-49(41,42)43)33(39)31(27-37)47-36/h10-11,13-14,30-31,33-37,39-40H,3-9,12,15-29H2,1-2H3,(H,41,42,43)/b11-10-,14-13-. The van der Waals surface area contributed by atoms with Gasteiger partial charge in [0.25, 0.3) is 0 Å². The summed E-state index contributed by atoms with van der Waals surface area (Å²) in [5.74, 6) is -0.489. The Balaban J connectivity index is 2.14. The lowest BCUT2D eigenvalue weighted by molar-refractivity contribution is -0.301. The predicted molar refractivity (Wildman–Crippen MR) is 188 cm³/mol. The van der Waals surface area contributed by atoms with Gasteiger partial charge in [0.15, 0.2) is 6.29 Å². The zero-order chi connectivity index (χ0) is 36.2. The van der Waals surface area contributed by atoms with Crippen molar-refractivity contribution in [1.82, 2.24) is 0 Å². The van der Waals surface area contributed by atoms with Crippen molar-refractivity contribution in [3.63, 3.8) is 0 Å². The average Bonchev–Trinajstić information content (AvgIpc) is 3.07. The first-order valence-electron chi connectivity index (χ1n) is 18.6. The molecule has 1 aliphatic rings. The average molecular weight is 723 g/mol. The highest BCUT2D eigenvalue weighted by atomic mass is 32.3. The van der Waals surface area contributed by atoms with Crippen LogP contribution >= 0.6 is 0 Å². The van der Waals surface area contributed by atoms with E-state index in [1.54, 1.807) is 6.92 Å². The third kappa shape index (κ3) is 23.6. The van der Waals surface area contributed by atoms with Crippen molar-refractivity contribution in [2.24, 2.45) is 0 Å². The fraction of sp³-hybridized carbons (Fsp3) is 0.861. The lowest BCUT2D eigenvalue weighted by atomic mass is 9.99. The van der Waals surface area contributed by atoms with Crippen LogP contribution in [0.25, 0.3) is 0 Å². The van der Waals surface area contributed by atoms with E-state index in [2.05, 4.69) is 35.4 Å². The van der Waals surface area contributed by atoms with Crippen LogP contribution in [0.5, 0.6) is 0 Å². The van der Waals surface area contributed by atoms with Gasteiger partial charge in [-0.15, -0.1) is 0 Å². The van der Waals surface area contributed by atoms with Crippen molar-refractivity contribution in [3.8, 4) is 0 Å². The second kappa shape index (κ2) is 29.2. The molecule has 0 bridgehead atoms. The molecule has 12 nitrogen and oxygen atoms in total. The fourth-order valence-corrected chi connectivity index (χ4v) is 6.01.